The van der Waals surface area contributed by atoms with Gasteiger partial charge < -0.3 is 16.2 Å². The van der Waals surface area contributed by atoms with Gasteiger partial charge in [-0.3, -0.25) is 5.41 Å². The molecule has 0 saturated heterocycles. The summed E-state index contributed by atoms with van der Waals surface area (Å²) < 4.78 is 0. The highest BCUT2D eigenvalue weighted by atomic mass is 16.3. The third-order valence-electron chi connectivity index (χ3n) is 2.36. The predicted molar refractivity (Wildman–Crippen MR) is 66.4 cm³/mol. The van der Waals surface area contributed by atoms with Crippen molar-refractivity contribution in [2.75, 3.05) is 11.9 Å². The highest BCUT2D eigenvalue weighted by Crippen LogP contribution is 2.28. The molecular weight excluding hydrogens is 220 g/mol. The second-order valence-electron chi connectivity index (χ2n) is 3.70. The maximum atomic E-state index is 11.7. The van der Waals surface area contributed by atoms with Gasteiger partial charge in [-0.05, 0) is 37.1 Å². The number of urea groups is 1. The number of nitrogens with one attached hydrogen (secondary N) is 2. The second kappa shape index (κ2) is 4.73. The van der Waals surface area contributed by atoms with Crippen LogP contribution in [0.2, 0.25) is 0 Å². The fourth-order valence-electron chi connectivity index (χ4n) is 1.73. The number of rotatable bonds is 1. The summed E-state index contributed by atoms with van der Waals surface area (Å²) in [6.07, 6.45) is 0. The van der Waals surface area contributed by atoms with Crippen LogP contribution in [0.4, 0.5) is 10.5 Å². The number of phenols is 1. The van der Waals surface area contributed by atoms with Crippen molar-refractivity contribution < 1.29 is 9.90 Å². The van der Waals surface area contributed by atoms with E-state index in [4.69, 9.17) is 11.1 Å². The SMILES string of the molecule is CNC(=O)N(C(=N)N)c1c(C)cc(O)cc1C. The molecule has 0 aliphatic rings. The number of hydrogen-bond acceptors (Lipinski definition) is 3. The van der Waals surface area contributed by atoms with Gasteiger partial charge in [-0.25, -0.2) is 9.69 Å². The first-order valence-electron chi connectivity index (χ1n) is 5.04. The molecule has 0 spiro atoms. The minimum absolute atomic E-state index is 0.115. The largest absolute Gasteiger partial charge is 0.508 e. The van der Waals surface area contributed by atoms with Crippen LogP contribution in [0.1, 0.15) is 11.1 Å². The molecule has 17 heavy (non-hydrogen) atoms. The molecule has 1 aromatic rings. The number of hydrogen-bond donors (Lipinski definition) is 4. The first-order valence-corrected chi connectivity index (χ1v) is 5.04. The number of carbonyl (C=O) groups is 1. The Labute approximate surface area is 99.5 Å². The fourth-order valence-corrected chi connectivity index (χ4v) is 1.73. The van der Waals surface area contributed by atoms with E-state index >= 15 is 0 Å². The lowest BCUT2D eigenvalue weighted by Crippen LogP contribution is -2.46. The van der Waals surface area contributed by atoms with Crippen molar-refractivity contribution in [1.29, 1.82) is 5.41 Å². The second-order valence-corrected chi connectivity index (χ2v) is 3.70. The summed E-state index contributed by atoms with van der Waals surface area (Å²) in [5.74, 6) is -0.259. The molecule has 0 aliphatic heterocycles. The van der Waals surface area contributed by atoms with E-state index in [2.05, 4.69) is 5.32 Å². The van der Waals surface area contributed by atoms with Crippen molar-refractivity contribution in [1.82, 2.24) is 5.32 Å². The minimum Gasteiger partial charge on any atom is -0.508 e. The van der Waals surface area contributed by atoms with E-state index in [1.807, 2.05) is 0 Å². The van der Waals surface area contributed by atoms with Crippen LogP contribution < -0.4 is 16.0 Å². The number of nitrogens with zero attached hydrogens (tertiary/aromatic N) is 1. The minimum atomic E-state index is -0.491. The Kier molecular flexibility index (Phi) is 3.57. The fraction of sp³-hybridized carbons (Fsp3) is 0.273. The van der Waals surface area contributed by atoms with Crippen molar-refractivity contribution in [2.45, 2.75) is 13.8 Å². The van der Waals surface area contributed by atoms with Crippen LogP contribution in [0.5, 0.6) is 5.75 Å². The number of aromatic hydroxyl groups is 1. The number of amides is 2. The Balaban J connectivity index is 3.38. The van der Waals surface area contributed by atoms with Gasteiger partial charge in [0.25, 0.3) is 0 Å². The van der Waals surface area contributed by atoms with Crippen molar-refractivity contribution in [3.05, 3.63) is 23.3 Å². The number of benzene rings is 1. The number of guanidine groups is 1. The van der Waals surface area contributed by atoms with E-state index in [9.17, 15) is 9.90 Å². The summed E-state index contributed by atoms with van der Waals surface area (Å²) >= 11 is 0. The van der Waals surface area contributed by atoms with E-state index in [-0.39, 0.29) is 11.7 Å². The average molecular weight is 236 g/mol. The molecule has 1 aromatic carbocycles. The maximum Gasteiger partial charge on any atom is 0.328 e. The molecule has 0 fully saturated rings. The van der Waals surface area contributed by atoms with Gasteiger partial charge in [0.2, 0.25) is 5.96 Å². The lowest BCUT2D eigenvalue weighted by Gasteiger charge is -2.24. The van der Waals surface area contributed by atoms with Crippen molar-refractivity contribution in [3.8, 4) is 5.75 Å². The molecule has 6 nitrogen and oxygen atoms in total. The average Bonchev–Trinajstić information content (AvgIpc) is 2.21. The van der Waals surface area contributed by atoms with E-state index in [1.54, 1.807) is 13.8 Å². The highest BCUT2D eigenvalue weighted by molar-refractivity contribution is 6.14. The monoisotopic (exact) mass is 236 g/mol. The van der Waals surface area contributed by atoms with Crippen LogP contribution >= 0.6 is 0 Å². The molecule has 0 saturated carbocycles. The van der Waals surface area contributed by atoms with Gasteiger partial charge in [0, 0.05) is 7.05 Å². The van der Waals surface area contributed by atoms with Crippen molar-refractivity contribution >= 4 is 17.7 Å². The van der Waals surface area contributed by atoms with Crippen LogP contribution in [-0.4, -0.2) is 24.1 Å². The maximum absolute atomic E-state index is 11.7. The summed E-state index contributed by atoms with van der Waals surface area (Å²) in [6.45, 7) is 3.47. The summed E-state index contributed by atoms with van der Waals surface area (Å²) in [5, 5.41) is 19.3. The molecule has 92 valence electrons. The predicted octanol–water partition coefficient (Wildman–Crippen LogP) is 1.05. The van der Waals surface area contributed by atoms with Gasteiger partial charge in [-0.15, -0.1) is 0 Å². The lowest BCUT2D eigenvalue weighted by atomic mass is 10.1. The molecule has 0 heterocycles. The molecule has 5 N–H and O–H groups in total. The summed E-state index contributed by atoms with van der Waals surface area (Å²) in [7, 11) is 1.46. The number of nitrogens with two attached hydrogens (primary N) is 1. The molecule has 0 aromatic heterocycles. The molecule has 1 rings (SSSR count). The van der Waals surface area contributed by atoms with Gasteiger partial charge >= 0.3 is 6.03 Å². The lowest BCUT2D eigenvalue weighted by molar-refractivity contribution is 0.251. The molecule has 0 unspecified atom stereocenters. The Bertz CT molecular complexity index is 448. The third kappa shape index (κ3) is 2.47. The van der Waals surface area contributed by atoms with E-state index in [0.717, 1.165) is 4.90 Å². The highest BCUT2D eigenvalue weighted by Gasteiger charge is 2.21. The van der Waals surface area contributed by atoms with Crippen LogP contribution in [-0.2, 0) is 0 Å². The van der Waals surface area contributed by atoms with E-state index < -0.39 is 6.03 Å². The van der Waals surface area contributed by atoms with Gasteiger partial charge in [-0.1, -0.05) is 0 Å². The Morgan fingerprint density at radius 1 is 1.41 bits per heavy atom. The zero-order chi connectivity index (χ0) is 13.2. The van der Waals surface area contributed by atoms with Gasteiger partial charge in [-0.2, -0.15) is 0 Å². The summed E-state index contributed by atoms with van der Waals surface area (Å²) in [4.78, 5) is 12.7. The standard InChI is InChI=1S/C11H16N4O2/c1-6-4-8(16)5-7(2)9(6)15(10(12)13)11(17)14-3/h4-5,16H,1-3H3,(H3,12,13)(H,14,17). The van der Waals surface area contributed by atoms with Crippen LogP contribution in [0.3, 0.4) is 0 Å². The van der Waals surface area contributed by atoms with Gasteiger partial charge in [0.1, 0.15) is 5.75 Å². The Morgan fingerprint density at radius 2 is 1.88 bits per heavy atom. The van der Waals surface area contributed by atoms with Crippen LogP contribution in [0, 0.1) is 19.3 Å². The molecule has 6 heteroatoms. The number of aryl methyl sites for hydroxylation is 2. The topological polar surface area (TPSA) is 102 Å². The molecule has 0 radical (unpaired) electrons. The molecule has 0 aliphatic carbocycles. The molecule has 2 amide bonds. The molecular formula is C11H16N4O2. The number of anilines is 1. The van der Waals surface area contributed by atoms with Crippen molar-refractivity contribution in [2.24, 2.45) is 5.73 Å². The van der Waals surface area contributed by atoms with Crippen LogP contribution in [0.25, 0.3) is 0 Å². The Hall–Kier alpha value is -2.24. The normalized spacial score (nSPS) is 9.82. The van der Waals surface area contributed by atoms with Gasteiger partial charge in [0.05, 0.1) is 5.69 Å². The molecule has 0 bridgehead atoms. The smallest absolute Gasteiger partial charge is 0.328 e. The zero-order valence-electron chi connectivity index (χ0n) is 10.0. The van der Waals surface area contributed by atoms with Crippen LogP contribution in [0.15, 0.2) is 12.1 Å². The van der Waals surface area contributed by atoms with Crippen molar-refractivity contribution in [3.63, 3.8) is 0 Å². The van der Waals surface area contributed by atoms with E-state index in [1.165, 1.54) is 19.2 Å². The third-order valence-corrected chi connectivity index (χ3v) is 2.36. The van der Waals surface area contributed by atoms with Gasteiger partial charge in [0.15, 0.2) is 0 Å². The summed E-state index contributed by atoms with van der Waals surface area (Å²) in [5.41, 5.74) is 7.25. The summed E-state index contributed by atoms with van der Waals surface area (Å²) in [6, 6.07) is 2.54. The number of carbonyl (C=O) groups excluding carboxylic acids is 1. The number of phenolic OH excluding ortho intramolecular Hbond substituents is 1. The zero-order valence-corrected chi connectivity index (χ0v) is 10.0. The Morgan fingerprint density at radius 3 is 2.24 bits per heavy atom. The van der Waals surface area contributed by atoms with E-state index in [0.29, 0.717) is 16.8 Å². The molecule has 0 atom stereocenters. The first kappa shape index (κ1) is 12.8. The first-order chi connectivity index (χ1) is 7.88. The quantitative estimate of drug-likeness (QED) is 0.433.